The SMILES string of the molecule is CC1(C)Oc2c(sc3nc(N=C4C(=O)C5CC6CC7CCCCC7CC6CC5C4=O)sc23)-c2sc3nc(N=C4C(=O)C5CC6CC7CCCCC7CC6CC5C4=O)sc3c21. The molecule has 0 saturated heterocycles. The number of Topliss-reactive ketones (excluding diaryl/α,β-unsaturated/α-hetero) is 4. The zero-order chi connectivity index (χ0) is 40.3. The van der Waals surface area contributed by atoms with Crippen molar-refractivity contribution in [1.82, 2.24) is 9.97 Å². The van der Waals surface area contributed by atoms with Crippen molar-refractivity contribution < 1.29 is 23.9 Å². The molecule has 0 aromatic carbocycles. The van der Waals surface area contributed by atoms with Crippen molar-refractivity contribution >= 4 is 109 Å². The van der Waals surface area contributed by atoms with Crippen molar-refractivity contribution in [2.75, 3.05) is 0 Å². The number of aromatic nitrogens is 2. The predicted octanol–water partition coefficient (Wildman–Crippen LogP) is 11.5. The molecule has 8 aliphatic carbocycles. The lowest BCUT2D eigenvalue weighted by molar-refractivity contribution is -0.124. The Bertz CT molecular complexity index is 2540. The molecule has 0 amide bonds. The number of nitrogens with zero attached hydrogens (tertiary/aromatic N) is 4. The van der Waals surface area contributed by atoms with Gasteiger partial charge >= 0.3 is 0 Å². The summed E-state index contributed by atoms with van der Waals surface area (Å²) in [5.41, 5.74) is 0.568. The van der Waals surface area contributed by atoms with Crippen molar-refractivity contribution in [3.63, 3.8) is 0 Å². The molecular formula is C47H50N4O5S4. The van der Waals surface area contributed by atoms with Crippen molar-refractivity contribution in [3.8, 4) is 15.5 Å². The third kappa shape index (κ3) is 5.55. The maximum atomic E-state index is 13.9. The lowest BCUT2D eigenvalue weighted by Gasteiger charge is -2.48. The van der Waals surface area contributed by atoms with E-state index in [9.17, 15) is 19.2 Å². The summed E-state index contributed by atoms with van der Waals surface area (Å²) >= 11 is 5.98. The van der Waals surface area contributed by atoms with Gasteiger partial charge in [0.1, 0.15) is 20.0 Å². The van der Waals surface area contributed by atoms with Gasteiger partial charge in [0.25, 0.3) is 0 Å². The molecule has 5 heterocycles. The molecule has 0 N–H and O–H groups in total. The van der Waals surface area contributed by atoms with Crippen molar-refractivity contribution in [2.24, 2.45) is 81.0 Å². The molecule has 0 bridgehead atoms. The summed E-state index contributed by atoms with van der Waals surface area (Å²) in [5, 5.41) is 0.903. The number of fused-ring (bicyclic) bond motifs is 13. The second kappa shape index (κ2) is 13.5. The smallest absolute Gasteiger partial charge is 0.212 e. The topological polar surface area (TPSA) is 128 Å². The summed E-state index contributed by atoms with van der Waals surface area (Å²) in [6, 6.07) is 0. The van der Waals surface area contributed by atoms with Crippen LogP contribution in [-0.4, -0.2) is 44.5 Å². The van der Waals surface area contributed by atoms with E-state index >= 15 is 0 Å². The fourth-order valence-corrected chi connectivity index (χ4v) is 19.6. The number of ether oxygens (including phenoxy) is 1. The fraction of sp³-hybridized carbons (Fsp3) is 0.660. The van der Waals surface area contributed by atoms with Crippen molar-refractivity contribution in [2.45, 2.75) is 122 Å². The van der Waals surface area contributed by atoms with E-state index in [0.29, 0.717) is 33.9 Å². The van der Waals surface area contributed by atoms with Crippen molar-refractivity contribution in [1.29, 1.82) is 0 Å². The second-order valence-electron chi connectivity index (χ2n) is 20.8. The summed E-state index contributed by atoms with van der Waals surface area (Å²) < 4.78 is 8.68. The highest BCUT2D eigenvalue weighted by Crippen LogP contribution is 2.61. The van der Waals surface area contributed by atoms with E-state index in [4.69, 9.17) is 24.7 Å². The van der Waals surface area contributed by atoms with Crippen LogP contribution in [0.3, 0.4) is 0 Å². The summed E-state index contributed by atoms with van der Waals surface area (Å²) in [6.45, 7) is 4.12. The van der Waals surface area contributed by atoms with Gasteiger partial charge in [0.05, 0.1) is 14.5 Å². The maximum Gasteiger partial charge on any atom is 0.212 e. The number of thiazole rings is 2. The van der Waals surface area contributed by atoms with Gasteiger partial charge in [0.2, 0.25) is 10.3 Å². The Kier molecular flexibility index (Phi) is 8.45. The number of rotatable bonds is 2. The fourth-order valence-electron chi connectivity index (χ4n) is 14.6. The molecule has 4 aromatic heterocycles. The molecular weight excluding hydrogens is 829 g/mol. The molecule has 60 heavy (non-hydrogen) atoms. The third-order valence-corrected chi connectivity index (χ3v) is 21.9. The van der Waals surface area contributed by atoms with Gasteiger partial charge in [-0.1, -0.05) is 74.0 Å². The monoisotopic (exact) mass is 878 g/mol. The Morgan fingerprint density at radius 1 is 0.500 bits per heavy atom. The highest BCUT2D eigenvalue weighted by Gasteiger charge is 2.56. The average Bonchev–Trinajstić information content (AvgIpc) is 4.06. The van der Waals surface area contributed by atoms with Crippen LogP contribution in [0.25, 0.3) is 28.8 Å². The molecule has 9 aliphatic rings. The largest absolute Gasteiger partial charge is 0.480 e. The summed E-state index contributed by atoms with van der Waals surface area (Å²) in [5.74, 6) is 5.10. The quantitative estimate of drug-likeness (QED) is 0.196. The van der Waals surface area contributed by atoms with Crippen LogP contribution in [0, 0.1) is 71.0 Å². The summed E-state index contributed by atoms with van der Waals surface area (Å²) in [7, 11) is 0. The van der Waals surface area contributed by atoms with E-state index in [1.807, 2.05) is 0 Å². The minimum Gasteiger partial charge on any atom is -0.480 e. The molecule has 0 spiro atoms. The molecule has 8 fully saturated rings. The zero-order valence-electron chi connectivity index (χ0n) is 34.2. The molecule has 9 nitrogen and oxygen atoms in total. The first-order valence-electron chi connectivity index (χ1n) is 23.0. The predicted molar refractivity (Wildman–Crippen MR) is 238 cm³/mol. The van der Waals surface area contributed by atoms with Crippen LogP contribution in [0.1, 0.15) is 122 Å². The van der Waals surface area contributed by atoms with Gasteiger partial charge in [0, 0.05) is 29.2 Å². The van der Waals surface area contributed by atoms with Crippen LogP contribution in [0.15, 0.2) is 9.98 Å². The number of carbonyl (C=O) groups excluding carboxylic acids is 4. The van der Waals surface area contributed by atoms with E-state index in [1.54, 1.807) is 22.7 Å². The van der Waals surface area contributed by atoms with Gasteiger partial charge in [-0.3, -0.25) is 19.2 Å². The first-order chi connectivity index (χ1) is 29.1. The van der Waals surface area contributed by atoms with E-state index < -0.39 is 5.60 Å². The highest BCUT2D eigenvalue weighted by molar-refractivity contribution is 7.35. The molecule has 13 rings (SSSR count). The number of hydrogen-bond donors (Lipinski definition) is 0. The summed E-state index contributed by atoms with van der Waals surface area (Å²) in [6.07, 6.45) is 19.0. The molecule has 1 aliphatic heterocycles. The molecule has 312 valence electrons. The van der Waals surface area contributed by atoms with E-state index in [-0.39, 0.29) is 58.2 Å². The van der Waals surface area contributed by atoms with Gasteiger partial charge in [0.15, 0.2) is 40.3 Å². The first kappa shape index (κ1) is 37.5. The molecule has 0 radical (unpaired) electrons. The first-order valence-corrected chi connectivity index (χ1v) is 26.2. The minimum atomic E-state index is -0.704. The van der Waals surface area contributed by atoms with Crippen LogP contribution in [0.2, 0.25) is 0 Å². The lowest BCUT2D eigenvalue weighted by Crippen LogP contribution is -2.41. The van der Waals surface area contributed by atoms with Crippen LogP contribution < -0.4 is 4.74 Å². The molecule has 13 heteroatoms. The Labute approximate surface area is 365 Å². The Morgan fingerprint density at radius 2 is 0.883 bits per heavy atom. The van der Waals surface area contributed by atoms with Gasteiger partial charge in [-0.2, -0.15) is 0 Å². The second-order valence-corrected chi connectivity index (χ2v) is 24.7. The van der Waals surface area contributed by atoms with Gasteiger partial charge in [-0.05, 0) is 113 Å². The number of hydrogen-bond acceptors (Lipinski definition) is 13. The van der Waals surface area contributed by atoms with E-state index in [1.165, 1.54) is 99.7 Å². The Morgan fingerprint density at radius 3 is 1.32 bits per heavy atom. The van der Waals surface area contributed by atoms with Crippen LogP contribution >= 0.6 is 45.3 Å². The maximum absolute atomic E-state index is 13.9. The number of thiophene rings is 2. The number of ketones is 4. The standard InChI is InChI=1S/C47H50N4O5S4/c1-47(2)31-39(57-43-40(31)59-45(50-43)48-32-34(52)27-15-23-11-19-7-3-4-8-20(19)12-24(23)16-28(27)35(32)53)41-38(56-47)42-44(58-41)51-46(60-42)49-33-36(54)29-17-25-13-21-9-5-6-10-22(21)14-26(25)18-30(29)37(33)55/h19-30H,3-18H2,1-2H3. The zero-order valence-corrected chi connectivity index (χ0v) is 37.5. The minimum absolute atomic E-state index is 0.0614. The van der Waals surface area contributed by atoms with Gasteiger partial charge in [-0.25, -0.2) is 20.0 Å². The van der Waals surface area contributed by atoms with Gasteiger partial charge in [-0.15, -0.1) is 22.7 Å². The Hall–Kier alpha value is -3.00. The average molecular weight is 879 g/mol. The van der Waals surface area contributed by atoms with Crippen LogP contribution in [-0.2, 0) is 24.8 Å². The number of carbonyl (C=O) groups is 4. The summed E-state index contributed by atoms with van der Waals surface area (Å²) in [4.78, 5) is 78.4. The van der Waals surface area contributed by atoms with Gasteiger partial charge < -0.3 is 4.74 Å². The third-order valence-electron chi connectivity index (χ3n) is 17.4. The van der Waals surface area contributed by atoms with E-state index in [0.717, 1.165) is 89.5 Å². The Balaban J connectivity index is 0.765. The highest BCUT2D eigenvalue weighted by atomic mass is 32.1. The molecule has 12 atom stereocenters. The van der Waals surface area contributed by atoms with Crippen LogP contribution in [0.5, 0.6) is 5.75 Å². The lowest BCUT2D eigenvalue weighted by atomic mass is 9.57. The number of aliphatic imine (C=N–C) groups is 2. The van der Waals surface area contributed by atoms with Crippen LogP contribution in [0.4, 0.5) is 10.3 Å². The molecule has 4 aromatic rings. The van der Waals surface area contributed by atoms with E-state index in [2.05, 4.69) is 13.8 Å². The molecule has 12 unspecified atom stereocenters. The normalized spacial score (nSPS) is 37.8. The molecule has 8 saturated carbocycles. The van der Waals surface area contributed by atoms with Crippen molar-refractivity contribution in [3.05, 3.63) is 5.56 Å².